The van der Waals surface area contributed by atoms with Crippen LogP contribution in [0.2, 0.25) is 5.15 Å². The zero-order valence-electron chi connectivity index (χ0n) is 9.90. The van der Waals surface area contributed by atoms with Crippen LogP contribution in [-0.2, 0) is 4.74 Å². The van der Waals surface area contributed by atoms with Crippen LogP contribution >= 0.6 is 11.6 Å². The number of halogens is 1. The number of hydrogen-bond donors (Lipinski definition) is 0. The van der Waals surface area contributed by atoms with Gasteiger partial charge in [-0.05, 0) is 19.8 Å². The maximum absolute atomic E-state index is 6.08. The zero-order valence-corrected chi connectivity index (χ0v) is 10.7. The molecule has 4 nitrogen and oxygen atoms in total. The van der Waals surface area contributed by atoms with E-state index in [-0.39, 0.29) is 0 Å². The highest BCUT2D eigenvalue weighted by molar-refractivity contribution is 6.29. The van der Waals surface area contributed by atoms with Gasteiger partial charge in [0.05, 0.1) is 19.3 Å². The van der Waals surface area contributed by atoms with Crippen molar-refractivity contribution >= 4 is 17.4 Å². The fourth-order valence-corrected chi connectivity index (χ4v) is 2.35. The number of hydrogen-bond acceptors (Lipinski definition) is 4. The predicted octanol–water partition coefficient (Wildman–Crippen LogP) is 2.23. The van der Waals surface area contributed by atoms with Crippen LogP contribution in [0.25, 0.3) is 0 Å². The maximum atomic E-state index is 6.08. The molecule has 92 valence electrons. The number of anilines is 1. The third-order valence-corrected chi connectivity index (χ3v) is 3.50. The van der Waals surface area contributed by atoms with E-state index in [1.807, 2.05) is 6.07 Å². The van der Waals surface area contributed by atoms with E-state index in [4.69, 9.17) is 16.3 Å². The van der Waals surface area contributed by atoms with E-state index < -0.39 is 0 Å². The van der Waals surface area contributed by atoms with Crippen molar-refractivity contribution < 1.29 is 4.74 Å². The molecule has 0 amide bonds. The quantitative estimate of drug-likeness (QED) is 0.758. The van der Waals surface area contributed by atoms with Gasteiger partial charge in [-0.3, -0.25) is 0 Å². The molecule has 3 rings (SSSR count). The second kappa shape index (κ2) is 4.42. The number of aromatic nitrogens is 2. The van der Waals surface area contributed by atoms with E-state index in [0.717, 1.165) is 31.4 Å². The largest absolute Gasteiger partial charge is 0.377 e. The minimum absolute atomic E-state index is 0.349. The Morgan fingerprint density at radius 3 is 2.94 bits per heavy atom. The van der Waals surface area contributed by atoms with Gasteiger partial charge in [0.15, 0.2) is 0 Å². The molecule has 1 saturated heterocycles. The van der Waals surface area contributed by atoms with Crippen LogP contribution in [0.4, 0.5) is 5.82 Å². The summed E-state index contributed by atoms with van der Waals surface area (Å²) in [7, 11) is 0. The van der Waals surface area contributed by atoms with E-state index in [9.17, 15) is 0 Å². The summed E-state index contributed by atoms with van der Waals surface area (Å²) < 4.78 is 5.44. The molecule has 1 aliphatic carbocycles. The number of morpholine rings is 1. The molecule has 0 N–H and O–H groups in total. The number of nitrogens with zero attached hydrogens (tertiary/aromatic N) is 3. The van der Waals surface area contributed by atoms with Crippen LogP contribution in [0.5, 0.6) is 0 Å². The van der Waals surface area contributed by atoms with Crippen molar-refractivity contribution in [3.63, 3.8) is 0 Å². The molecule has 1 aliphatic heterocycles. The van der Waals surface area contributed by atoms with Crippen LogP contribution in [0.1, 0.15) is 31.5 Å². The topological polar surface area (TPSA) is 38.2 Å². The van der Waals surface area contributed by atoms with Gasteiger partial charge in [0.1, 0.15) is 16.8 Å². The van der Waals surface area contributed by atoms with Gasteiger partial charge in [0.25, 0.3) is 0 Å². The van der Waals surface area contributed by atoms with Crippen LogP contribution in [-0.4, -0.2) is 35.8 Å². The average molecular weight is 254 g/mol. The first kappa shape index (κ1) is 11.2. The van der Waals surface area contributed by atoms with Gasteiger partial charge in [-0.1, -0.05) is 11.6 Å². The highest BCUT2D eigenvalue weighted by Crippen LogP contribution is 2.39. The molecule has 17 heavy (non-hydrogen) atoms. The van der Waals surface area contributed by atoms with E-state index >= 15 is 0 Å². The molecule has 0 spiro atoms. The third-order valence-electron chi connectivity index (χ3n) is 3.30. The molecule has 5 heteroatoms. The lowest BCUT2D eigenvalue weighted by molar-refractivity contribution is 0.0985. The first-order valence-corrected chi connectivity index (χ1v) is 6.50. The second-order valence-corrected chi connectivity index (χ2v) is 5.19. The van der Waals surface area contributed by atoms with E-state index in [0.29, 0.717) is 17.1 Å². The van der Waals surface area contributed by atoms with Gasteiger partial charge in [0.2, 0.25) is 0 Å². The lowest BCUT2D eigenvalue weighted by Gasteiger charge is -2.34. The van der Waals surface area contributed by atoms with E-state index in [1.54, 1.807) is 0 Å². The zero-order chi connectivity index (χ0) is 11.8. The third kappa shape index (κ3) is 2.38. The molecule has 0 aromatic carbocycles. The number of ether oxygens (including phenoxy) is 1. The predicted molar refractivity (Wildman–Crippen MR) is 66.6 cm³/mol. The van der Waals surface area contributed by atoms with Gasteiger partial charge in [-0.15, -0.1) is 0 Å². The standard InChI is InChI=1S/C12H16ClN3O/c1-8-7-17-5-4-16(8)11-6-10(13)14-12(15-11)9-2-3-9/h6,8-9H,2-5,7H2,1H3. The van der Waals surface area contributed by atoms with E-state index in [2.05, 4.69) is 21.8 Å². The first-order chi connectivity index (χ1) is 8.24. The minimum atomic E-state index is 0.349. The molecule has 2 heterocycles. The van der Waals surface area contributed by atoms with Gasteiger partial charge in [-0.2, -0.15) is 0 Å². The Labute approximate surface area is 106 Å². The van der Waals surface area contributed by atoms with Crippen molar-refractivity contribution in [3.8, 4) is 0 Å². The van der Waals surface area contributed by atoms with Crippen LogP contribution in [0.3, 0.4) is 0 Å². The summed E-state index contributed by atoms with van der Waals surface area (Å²) in [4.78, 5) is 11.2. The molecule has 1 atom stereocenters. The summed E-state index contributed by atoms with van der Waals surface area (Å²) in [6.45, 7) is 4.52. The van der Waals surface area contributed by atoms with Crippen molar-refractivity contribution in [1.29, 1.82) is 0 Å². The summed E-state index contributed by atoms with van der Waals surface area (Å²) in [6.07, 6.45) is 2.39. The monoisotopic (exact) mass is 253 g/mol. The Balaban J connectivity index is 1.90. The highest BCUT2D eigenvalue weighted by Gasteiger charge is 2.29. The van der Waals surface area contributed by atoms with Crippen molar-refractivity contribution in [2.24, 2.45) is 0 Å². The van der Waals surface area contributed by atoms with Gasteiger partial charge < -0.3 is 9.64 Å². The Hall–Kier alpha value is -0.870. The molecule has 2 aliphatic rings. The Morgan fingerprint density at radius 2 is 2.24 bits per heavy atom. The molecule has 1 aromatic rings. The molecule has 2 fully saturated rings. The Morgan fingerprint density at radius 1 is 1.41 bits per heavy atom. The Kier molecular flexibility index (Phi) is 2.92. The Bertz CT molecular complexity index is 422. The van der Waals surface area contributed by atoms with Crippen LogP contribution in [0.15, 0.2) is 6.07 Å². The average Bonchev–Trinajstić information content (AvgIpc) is 3.12. The highest BCUT2D eigenvalue weighted by atomic mass is 35.5. The molecule has 0 radical (unpaired) electrons. The summed E-state index contributed by atoms with van der Waals surface area (Å²) in [6, 6.07) is 2.21. The minimum Gasteiger partial charge on any atom is -0.377 e. The summed E-state index contributed by atoms with van der Waals surface area (Å²) in [5.74, 6) is 2.39. The smallest absolute Gasteiger partial charge is 0.135 e. The lowest BCUT2D eigenvalue weighted by Crippen LogP contribution is -2.44. The van der Waals surface area contributed by atoms with Crippen molar-refractivity contribution in [2.45, 2.75) is 31.7 Å². The summed E-state index contributed by atoms with van der Waals surface area (Å²) in [5, 5.41) is 0.551. The van der Waals surface area contributed by atoms with Crippen molar-refractivity contribution in [1.82, 2.24) is 9.97 Å². The summed E-state index contributed by atoms with van der Waals surface area (Å²) in [5.41, 5.74) is 0. The van der Waals surface area contributed by atoms with Crippen LogP contribution < -0.4 is 4.90 Å². The molecule has 1 unspecified atom stereocenters. The number of rotatable bonds is 2. The normalized spacial score (nSPS) is 25.1. The van der Waals surface area contributed by atoms with Crippen molar-refractivity contribution in [2.75, 3.05) is 24.7 Å². The lowest BCUT2D eigenvalue weighted by atomic mass is 10.2. The summed E-state index contributed by atoms with van der Waals surface area (Å²) >= 11 is 6.08. The molecular formula is C12H16ClN3O. The first-order valence-electron chi connectivity index (χ1n) is 6.13. The molecule has 1 aromatic heterocycles. The van der Waals surface area contributed by atoms with Crippen molar-refractivity contribution in [3.05, 3.63) is 17.0 Å². The van der Waals surface area contributed by atoms with Gasteiger partial charge in [0, 0.05) is 18.5 Å². The molecule has 0 bridgehead atoms. The fraction of sp³-hybridized carbons (Fsp3) is 0.667. The SMILES string of the molecule is CC1COCCN1c1cc(Cl)nc(C2CC2)n1. The maximum Gasteiger partial charge on any atom is 0.135 e. The van der Waals surface area contributed by atoms with Crippen LogP contribution in [0, 0.1) is 0 Å². The van der Waals surface area contributed by atoms with Gasteiger partial charge in [-0.25, -0.2) is 9.97 Å². The molecule has 1 saturated carbocycles. The van der Waals surface area contributed by atoms with Gasteiger partial charge >= 0.3 is 0 Å². The fourth-order valence-electron chi connectivity index (χ4n) is 2.16. The second-order valence-electron chi connectivity index (χ2n) is 4.80. The van der Waals surface area contributed by atoms with E-state index in [1.165, 1.54) is 12.8 Å². The molecular weight excluding hydrogens is 238 g/mol.